The van der Waals surface area contributed by atoms with E-state index in [9.17, 15) is 0 Å². The normalized spacial score (nSPS) is 24.1. The lowest BCUT2D eigenvalue weighted by molar-refractivity contribution is 0.0974. The average Bonchev–Trinajstić information content (AvgIpc) is 3.10. The summed E-state index contributed by atoms with van der Waals surface area (Å²) in [5.41, 5.74) is 2.30. The van der Waals surface area contributed by atoms with Gasteiger partial charge in [0.2, 0.25) is 0 Å². The molecule has 0 aliphatic carbocycles. The summed E-state index contributed by atoms with van der Waals surface area (Å²) in [4.78, 5) is 10.00. The Morgan fingerprint density at radius 1 is 1.05 bits per heavy atom. The van der Waals surface area contributed by atoms with Gasteiger partial charge < -0.3 is 5.32 Å². The molecule has 4 heteroatoms. The molecule has 4 rings (SSSR count). The van der Waals surface area contributed by atoms with Crippen molar-refractivity contribution >= 4 is 10.9 Å². The topological polar surface area (TPSA) is 31.4 Å². The summed E-state index contributed by atoms with van der Waals surface area (Å²) >= 11 is 0. The molecule has 22 heavy (non-hydrogen) atoms. The molecule has 4 nitrogen and oxygen atoms in total. The monoisotopic (exact) mass is 296 g/mol. The van der Waals surface area contributed by atoms with Crippen LogP contribution in [0.5, 0.6) is 0 Å². The molecule has 2 aliphatic heterocycles. The van der Waals surface area contributed by atoms with Crippen LogP contribution < -0.4 is 5.32 Å². The van der Waals surface area contributed by atoms with Gasteiger partial charge in [0, 0.05) is 50.7 Å². The maximum absolute atomic E-state index is 4.80. The van der Waals surface area contributed by atoms with Crippen LogP contribution in [0.4, 0.5) is 0 Å². The van der Waals surface area contributed by atoms with Crippen molar-refractivity contribution in [3.63, 3.8) is 0 Å². The van der Waals surface area contributed by atoms with E-state index in [4.69, 9.17) is 4.98 Å². The zero-order valence-corrected chi connectivity index (χ0v) is 13.0. The molecule has 1 unspecified atom stereocenters. The summed E-state index contributed by atoms with van der Waals surface area (Å²) in [7, 11) is 0. The average molecular weight is 296 g/mol. The molecule has 2 aromatic rings. The third-order valence-electron chi connectivity index (χ3n) is 5.00. The van der Waals surface area contributed by atoms with Crippen molar-refractivity contribution < 1.29 is 0 Å². The highest BCUT2D eigenvalue weighted by Gasteiger charge is 2.25. The standard InChI is InChI=1S/C18H24N4/c1-2-4-18-15(3-1)5-6-16(20-18)14-21-9-11-22(12-10-21)17-7-8-19-13-17/h1-6,17,19H,7-14H2. The van der Waals surface area contributed by atoms with Gasteiger partial charge in [0.1, 0.15) is 0 Å². The van der Waals surface area contributed by atoms with E-state index in [1.165, 1.54) is 43.7 Å². The molecular weight excluding hydrogens is 272 g/mol. The van der Waals surface area contributed by atoms with Crippen LogP contribution in [0.1, 0.15) is 12.1 Å². The predicted molar refractivity (Wildman–Crippen MR) is 89.9 cm³/mol. The fourth-order valence-corrected chi connectivity index (χ4v) is 3.66. The van der Waals surface area contributed by atoms with Gasteiger partial charge in [0.15, 0.2) is 0 Å². The second-order valence-corrected chi connectivity index (χ2v) is 6.45. The predicted octanol–water partition coefficient (Wildman–Crippen LogP) is 1.71. The molecule has 2 aliphatic rings. The molecule has 0 amide bonds. The highest BCUT2D eigenvalue weighted by atomic mass is 15.3. The van der Waals surface area contributed by atoms with E-state index in [1.54, 1.807) is 0 Å². The first-order valence-corrected chi connectivity index (χ1v) is 8.40. The molecule has 116 valence electrons. The minimum Gasteiger partial charge on any atom is -0.315 e. The maximum Gasteiger partial charge on any atom is 0.0705 e. The third kappa shape index (κ3) is 3.00. The van der Waals surface area contributed by atoms with Gasteiger partial charge in [-0.1, -0.05) is 24.3 Å². The van der Waals surface area contributed by atoms with E-state index in [0.29, 0.717) is 0 Å². The van der Waals surface area contributed by atoms with Gasteiger partial charge in [-0.3, -0.25) is 14.8 Å². The molecule has 1 atom stereocenters. The Bertz CT molecular complexity index is 628. The number of piperazine rings is 1. The summed E-state index contributed by atoms with van der Waals surface area (Å²) in [6.45, 7) is 8.04. The Kier molecular flexibility index (Phi) is 4.06. The second-order valence-electron chi connectivity index (χ2n) is 6.45. The number of pyridine rings is 1. The van der Waals surface area contributed by atoms with Crippen molar-refractivity contribution in [1.29, 1.82) is 0 Å². The number of nitrogens with one attached hydrogen (secondary N) is 1. The van der Waals surface area contributed by atoms with Crippen molar-refractivity contribution in [1.82, 2.24) is 20.1 Å². The minimum atomic E-state index is 0.765. The van der Waals surface area contributed by atoms with E-state index in [1.807, 2.05) is 0 Å². The van der Waals surface area contributed by atoms with Gasteiger partial charge in [-0.2, -0.15) is 0 Å². The summed E-state index contributed by atoms with van der Waals surface area (Å²) in [5.74, 6) is 0. The lowest BCUT2D eigenvalue weighted by Crippen LogP contribution is -2.50. The largest absolute Gasteiger partial charge is 0.315 e. The Labute approximate surface area is 132 Å². The van der Waals surface area contributed by atoms with Crippen molar-refractivity contribution in [3.05, 3.63) is 42.1 Å². The molecule has 0 spiro atoms. The Morgan fingerprint density at radius 2 is 1.91 bits per heavy atom. The lowest BCUT2D eigenvalue weighted by atomic mass is 10.1. The lowest BCUT2D eigenvalue weighted by Gasteiger charge is -2.37. The molecule has 2 fully saturated rings. The number of fused-ring (bicyclic) bond motifs is 1. The Hall–Kier alpha value is -1.49. The van der Waals surface area contributed by atoms with Crippen LogP contribution in [0, 0.1) is 0 Å². The number of nitrogens with zero attached hydrogens (tertiary/aromatic N) is 3. The fourth-order valence-electron chi connectivity index (χ4n) is 3.66. The molecule has 0 radical (unpaired) electrons. The van der Waals surface area contributed by atoms with E-state index < -0.39 is 0 Å². The van der Waals surface area contributed by atoms with Gasteiger partial charge in [0.25, 0.3) is 0 Å². The SMILES string of the molecule is c1ccc2nc(CN3CCN(C4CCNC4)CC3)ccc2c1. The van der Waals surface area contributed by atoms with Crippen molar-refractivity contribution in [2.45, 2.75) is 19.0 Å². The van der Waals surface area contributed by atoms with Crippen LogP contribution in [-0.4, -0.2) is 60.1 Å². The maximum atomic E-state index is 4.80. The molecule has 0 bridgehead atoms. The quantitative estimate of drug-likeness (QED) is 0.934. The molecule has 1 N–H and O–H groups in total. The molecule has 2 saturated heterocycles. The van der Waals surface area contributed by atoms with Gasteiger partial charge in [-0.05, 0) is 25.1 Å². The number of aromatic nitrogens is 1. The first kappa shape index (κ1) is 14.1. The highest BCUT2D eigenvalue weighted by molar-refractivity contribution is 5.78. The van der Waals surface area contributed by atoms with Crippen molar-refractivity contribution in [2.75, 3.05) is 39.3 Å². The Balaban J connectivity index is 1.37. The van der Waals surface area contributed by atoms with E-state index >= 15 is 0 Å². The number of para-hydroxylation sites is 1. The van der Waals surface area contributed by atoms with Crippen LogP contribution >= 0.6 is 0 Å². The Morgan fingerprint density at radius 3 is 2.73 bits per heavy atom. The van der Waals surface area contributed by atoms with Crippen LogP contribution in [0.2, 0.25) is 0 Å². The number of benzene rings is 1. The zero-order valence-electron chi connectivity index (χ0n) is 13.0. The van der Waals surface area contributed by atoms with E-state index in [2.05, 4.69) is 51.5 Å². The molecule has 1 aromatic heterocycles. The molecule has 3 heterocycles. The zero-order chi connectivity index (χ0) is 14.8. The molecule has 0 saturated carbocycles. The van der Waals surface area contributed by atoms with E-state index in [0.717, 1.165) is 31.2 Å². The third-order valence-corrected chi connectivity index (χ3v) is 5.00. The summed E-state index contributed by atoms with van der Waals surface area (Å²) < 4.78 is 0. The highest BCUT2D eigenvalue weighted by Crippen LogP contribution is 2.16. The second kappa shape index (κ2) is 6.32. The van der Waals surface area contributed by atoms with Gasteiger partial charge in [-0.15, -0.1) is 0 Å². The molecule has 1 aromatic carbocycles. The van der Waals surface area contributed by atoms with Gasteiger partial charge in [-0.25, -0.2) is 0 Å². The number of rotatable bonds is 3. The summed E-state index contributed by atoms with van der Waals surface area (Å²) in [6, 6.07) is 13.5. The number of hydrogen-bond donors (Lipinski definition) is 1. The first-order chi connectivity index (χ1) is 10.9. The summed E-state index contributed by atoms with van der Waals surface area (Å²) in [5, 5.41) is 4.70. The first-order valence-electron chi connectivity index (χ1n) is 8.40. The van der Waals surface area contributed by atoms with Gasteiger partial charge >= 0.3 is 0 Å². The van der Waals surface area contributed by atoms with Crippen LogP contribution in [0.15, 0.2) is 36.4 Å². The van der Waals surface area contributed by atoms with Crippen LogP contribution in [0.3, 0.4) is 0 Å². The van der Waals surface area contributed by atoms with Crippen LogP contribution in [0.25, 0.3) is 10.9 Å². The number of hydrogen-bond acceptors (Lipinski definition) is 4. The van der Waals surface area contributed by atoms with Crippen LogP contribution in [-0.2, 0) is 6.54 Å². The van der Waals surface area contributed by atoms with Crippen molar-refractivity contribution in [3.8, 4) is 0 Å². The van der Waals surface area contributed by atoms with Crippen molar-refractivity contribution in [2.24, 2.45) is 0 Å². The minimum absolute atomic E-state index is 0.765. The van der Waals surface area contributed by atoms with Gasteiger partial charge in [0.05, 0.1) is 11.2 Å². The molecular formula is C18H24N4. The van der Waals surface area contributed by atoms with E-state index in [-0.39, 0.29) is 0 Å². The summed E-state index contributed by atoms with van der Waals surface area (Å²) in [6.07, 6.45) is 1.31. The smallest absolute Gasteiger partial charge is 0.0705 e. The fraction of sp³-hybridized carbons (Fsp3) is 0.500.